The summed E-state index contributed by atoms with van der Waals surface area (Å²) in [7, 11) is -4.16. The van der Waals surface area contributed by atoms with Crippen molar-refractivity contribution in [2.24, 2.45) is 0 Å². The standard InChI is InChI=1S/C32H27N3O4S2/c1-22-11-17-27(18-12-22)41(38,39)34-31(36)29(20-24-8-4-3-5-9-24)35-23(2)40-30(32(35)37)21-25-13-15-26(16-14-25)28-10-6-7-19-33-28/h3-19,21,29H,2,20H2,1H3,(H,34,36)/b30-21-/t29-/m0/s1. The van der Waals surface area contributed by atoms with Gasteiger partial charge in [0.25, 0.3) is 21.5 Å². The number of sulfonamides is 1. The number of carbonyl (C=O) groups is 1. The first-order chi connectivity index (χ1) is 19.7. The molecular weight excluding hydrogens is 555 g/mol. The van der Waals surface area contributed by atoms with Crippen molar-refractivity contribution in [3.63, 3.8) is 0 Å². The Morgan fingerprint density at radius 2 is 1.66 bits per heavy atom. The van der Waals surface area contributed by atoms with Gasteiger partial charge in [0.1, 0.15) is 6.04 Å². The Labute approximate surface area is 241 Å². The summed E-state index contributed by atoms with van der Waals surface area (Å²) >= 11 is 1.15. The highest BCUT2D eigenvalue weighted by Gasteiger charge is 2.28. The second kappa shape index (κ2) is 11.9. The molecule has 2 aromatic heterocycles. The third-order valence-electron chi connectivity index (χ3n) is 6.55. The number of nitrogens with one attached hydrogen (secondary N) is 1. The Morgan fingerprint density at radius 3 is 2.32 bits per heavy atom. The fourth-order valence-electron chi connectivity index (χ4n) is 4.41. The van der Waals surface area contributed by atoms with E-state index in [-0.39, 0.29) is 11.3 Å². The molecule has 5 aromatic rings. The molecule has 3 aromatic carbocycles. The maximum atomic E-state index is 13.7. The molecule has 0 spiro atoms. The number of hydrogen-bond acceptors (Lipinski definition) is 6. The summed E-state index contributed by atoms with van der Waals surface area (Å²) in [6.07, 6.45) is 3.57. The minimum atomic E-state index is -4.16. The van der Waals surface area contributed by atoms with E-state index in [2.05, 4.69) is 16.3 Å². The molecule has 0 bridgehead atoms. The second-order valence-corrected chi connectivity index (χ2v) is 12.3. The highest BCUT2D eigenvalue weighted by atomic mass is 32.2. The number of hydrogen-bond donors (Lipinski definition) is 1. The summed E-state index contributed by atoms with van der Waals surface area (Å²) in [5.74, 6) is -0.814. The molecule has 9 heteroatoms. The van der Waals surface area contributed by atoms with Gasteiger partial charge in [0.05, 0.1) is 19.8 Å². The Hall–Kier alpha value is -4.60. The number of aromatic nitrogens is 2. The van der Waals surface area contributed by atoms with Crippen molar-refractivity contribution in [1.82, 2.24) is 14.3 Å². The van der Waals surface area contributed by atoms with Crippen LogP contribution in [0.3, 0.4) is 0 Å². The van der Waals surface area contributed by atoms with Gasteiger partial charge in [-0.05, 0) is 48.4 Å². The first-order valence-corrected chi connectivity index (χ1v) is 15.1. The molecule has 0 radical (unpaired) electrons. The number of thiazole rings is 1. The minimum absolute atomic E-state index is 0.0365. The van der Waals surface area contributed by atoms with Gasteiger partial charge in [-0.15, -0.1) is 11.3 Å². The SMILES string of the molecule is C=c1s/c(=C\c2ccc(-c3ccccn3)cc2)c(=O)n1[C@@H](Cc1ccccc1)C(=O)NS(=O)(=O)c1ccc(C)cc1. The number of rotatable bonds is 8. The van der Waals surface area contributed by atoms with Crippen LogP contribution < -0.4 is 19.5 Å². The van der Waals surface area contributed by atoms with Crippen molar-refractivity contribution >= 4 is 39.9 Å². The van der Waals surface area contributed by atoms with E-state index in [4.69, 9.17) is 0 Å². The van der Waals surface area contributed by atoms with E-state index >= 15 is 0 Å². The van der Waals surface area contributed by atoms with Gasteiger partial charge in [-0.25, -0.2) is 13.1 Å². The molecule has 0 saturated carbocycles. The number of amides is 1. The molecule has 7 nitrogen and oxygen atoms in total. The number of pyridine rings is 1. The first-order valence-electron chi connectivity index (χ1n) is 12.8. The van der Waals surface area contributed by atoms with E-state index in [0.29, 0.717) is 9.20 Å². The molecule has 41 heavy (non-hydrogen) atoms. The average molecular weight is 582 g/mol. The van der Waals surface area contributed by atoms with Crippen LogP contribution >= 0.6 is 11.3 Å². The van der Waals surface area contributed by atoms with Crippen molar-refractivity contribution in [3.8, 4) is 11.3 Å². The van der Waals surface area contributed by atoms with Crippen LogP contribution in [0.5, 0.6) is 0 Å². The molecule has 0 aliphatic carbocycles. The van der Waals surface area contributed by atoms with Crippen LogP contribution in [0.1, 0.15) is 22.7 Å². The van der Waals surface area contributed by atoms with Crippen LogP contribution in [-0.2, 0) is 21.2 Å². The number of nitrogens with zero attached hydrogens (tertiary/aromatic N) is 2. The van der Waals surface area contributed by atoms with E-state index < -0.39 is 27.5 Å². The van der Waals surface area contributed by atoms with Crippen molar-refractivity contribution in [2.45, 2.75) is 24.3 Å². The normalized spacial score (nSPS) is 12.7. The molecule has 0 aliphatic rings. The van der Waals surface area contributed by atoms with E-state index in [1.165, 1.54) is 16.7 Å². The molecule has 1 atom stereocenters. The lowest BCUT2D eigenvalue weighted by molar-refractivity contribution is -0.122. The largest absolute Gasteiger partial charge is 0.286 e. The lowest BCUT2D eigenvalue weighted by atomic mass is 10.1. The van der Waals surface area contributed by atoms with Crippen molar-refractivity contribution in [1.29, 1.82) is 0 Å². The molecule has 206 valence electrons. The Morgan fingerprint density at radius 1 is 0.976 bits per heavy atom. The topological polar surface area (TPSA) is 98.1 Å². The summed E-state index contributed by atoms with van der Waals surface area (Å²) < 4.78 is 30.3. The van der Waals surface area contributed by atoms with Gasteiger partial charge in [-0.2, -0.15) is 0 Å². The van der Waals surface area contributed by atoms with Gasteiger partial charge in [0.15, 0.2) is 0 Å². The fraction of sp³-hybridized carbons (Fsp3) is 0.0938. The molecule has 5 rings (SSSR count). The fourth-order valence-corrected chi connectivity index (χ4v) is 6.36. The molecule has 1 amide bonds. The second-order valence-electron chi connectivity index (χ2n) is 9.50. The minimum Gasteiger partial charge on any atom is -0.286 e. The van der Waals surface area contributed by atoms with Crippen molar-refractivity contribution in [2.75, 3.05) is 0 Å². The lowest BCUT2D eigenvalue weighted by Gasteiger charge is -2.18. The molecule has 2 heterocycles. The highest BCUT2D eigenvalue weighted by molar-refractivity contribution is 7.90. The lowest BCUT2D eigenvalue weighted by Crippen LogP contribution is -2.44. The number of aryl methyl sites for hydroxylation is 1. The quantitative estimate of drug-likeness (QED) is 0.301. The molecule has 1 N–H and O–H groups in total. The van der Waals surface area contributed by atoms with E-state index in [1.807, 2.05) is 79.7 Å². The summed E-state index contributed by atoms with van der Waals surface area (Å²) in [6, 6.07) is 27.5. The molecule has 0 aliphatic heterocycles. The van der Waals surface area contributed by atoms with Crippen LogP contribution in [0, 0.1) is 6.92 Å². The van der Waals surface area contributed by atoms with Gasteiger partial charge >= 0.3 is 0 Å². The smallest absolute Gasteiger partial charge is 0.269 e. The Kier molecular flexibility index (Phi) is 8.09. The molecule has 0 unspecified atom stereocenters. The average Bonchev–Trinajstić information content (AvgIpc) is 3.25. The molecule has 0 saturated heterocycles. The van der Waals surface area contributed by atoms with Crippen LogP contribution in [0.15, 0.2) is 113 Å². The monoisotopic (exact) mass is 581 g/mol. The number of benzene rings is 3. The third-order valence-corrected chi connectivity index (χ3v) is 8.85. The third kappa shape index (κ3) is 6.42. The van der Waals surface area contributed by atoms with Gasteiger partial charge in [-0.3, -0.25) is 19.1 Å². The molecule has 0 fully saturated rings. The zero-order valence-electron chi connectivity index (χ0n) is 22.2. The van der Waals surface area contributed by atoms with Crippen LogP contribution in [0.25, 0.3) is 23.9 Å². The maximum absolute atomic E-state index is 13.7. The van der Waals surface area contributed by atoms with Gasteiger partial charge in [0.2, 0.25) is 0 Å². The van der Waals surface area contributed by atoms with Crippen LogP contribution in [-0.4, -0.2) is 23.9 Å². The van der Waals surface area contributed by atoms with Gasteiger partial charge in [0, 0.05) is 18.2 Å². The summed E-state index contributed by atoms with van der Waals surface area (Å²) in [5, 5.41) is 0. The first kappa shape index (κ1) is 27.9. The van der Waals surface area contributed by atoms with E-state index in [0.717, 1.165) is 39.3 Å². The Bertz CT molecular complexity index is 1950. The maximum Gasteiger partial charge on any atom is 0.269 e. The zero-order chi connectivity index (χ0) is 29.0. The van der Waals surface area contributed by atoms with E-state index in [9.17, 15) is 18.0 Å². The highest BCUT2D eigenvalue weighted by Crippen LogP contribution is 2.18. The summed E-state index contributed by atoms with van der Waals surface area (Å²) in [5.41, 5.74) is 3.82. The summed E-state index contributed by atoms with van der Waals surface area (Å²) in [4.78, 5) is 31.5. The van der Waals surface area contributed by atoms with Crippen molar-refractivity contribution < 1.29 is 13.2 Å². The van der Waals surface area contributed by atoms with E-state index in [1.54, 1.807) is 24.4 Å². The number of carbonyl (C=O) groups excluding carboxylic acids is 1. The predicted octanol–water partition coefficient (Wildman–Crippen LogP) is 3.81. The summed E-state index contributed by atoms with van der Waals surface area (Å²) in [6.45, 7) is 5.87. The zero-order valence-corrected chi connectivity index (χ0v) is 23.9. The van der Waals surface area contributed by atoms with Gasteiger partial charge < -0.3 is 0 Å². The van der Waals surface area contributed by atoms with Crippen molar-refractivity contribution in [3.05, 3.63) is 139 Å². The van der Waals surface area contributed by atoms with Crippen LogP contribution in [0.4, 0.5) is 0 Å². The predicted molar refractivity (Wildman–Crippen MR) is 162 cm³/mol. The Balaban J connectivity index is 1.51. The van der Waals surface area contributed by atoms with Gasteiger partial charge in [-0.1, -0.05) is 84.9 Å². The molecular formula is C32H27N3O4S2. The van der Waals surface area contributed by atoms with Crippen LogP contribution in [0.2, 0.25) is 0 Å².